The Morgan fingerprint density at radius 2 is 1.79 bits per heavy atom. The van der Waals surface area contributed by atoms with Crippen molar-refractivity contribution in [2.75, 3.05) is 7.05 Å². The average Bonchev–Trinajstić information content (AvgIpc) is 2.60. The lowest BCUT2D eigenvalue weighted by Gasteiger charge is -2.18. The smallest absolute Gasteiger partial charge is 0.415 e. The summed E-state index contributed by atoms with van der Waals surface area (Å²) in [5.74, 6) is 1.56. The number of ether oxygens (including phenoxy) is 1. The highest BCUT2D eigenvalue weighted by Gasteiger charge is 2.16. The molecule has 0 bridgehead atoms. The second kappa shape index (κ2) is 8.14. The molecule has 7 nitrogen and oxygen atoms in total. The zero-order chi connectivity index (χ0) is 17.5. The number of hydrogen-bond donors (Lipinski definition) is 0. The molecule has 0 fully saturated rings. The van der Waals surface area contributed by atoms with Gasteiger partial charge in [-0.3, -0.25) is 0 Å². The summed E-state index contributed by atoms with van der Waals surface area (Å²) in [5.41, 5.74) is 0.839. The fourth-order valence-electron chi connectivity index (χ4n) is 1.98. The van der Waals surface area contributed by atoms with E-state index >= 15 is 0 Å². The summed E-state index contributed by atoms with van der Waals surface area (Å²) in [6.07, 6.45) is 1.32. The molecule has 0 radical (unpaired) electrons. The van der Waals surface area contributed by atoms with Gasteiger partial charge in [-0.05, 0) is 13.0 Å². The van der Waals surface area contributed by atoms with Gasteiger partial charge >= 0.3 is 6.09 Å². The van der Waals surface area contributed by atoms with Gasteiger partial charge < -0.3 is 9.64 Å². The van der Waals surface area contributed by atoms with Gasteiger partial charge in [-0.25, -0.2) is 4.79 Å². The first-order valence-electron chi connectivity index (χ1n) is 7.72. The van der Waals surface area contributed by atoms with Crippen molar-refractivity contribution in [3.05, 3.63) is 48.0 Å². The van der Waals surface area contributed by atoms with Crippen LogP contribution in [0.2, 0.25) is 0 Å². The predicted molar refractivity (Wildman–Crippen MR) is 89.6 cm³/mol. The summed E-state index contributed by atoms with van der Waals surface area (Å²) in [5, 5.41) is 16.2. The molecule has 0 saturated heterocycles. The van der Waals surface area contributed by atoms with E-state index in [-0.39, 0.29) is 12.5 Å². The Kier molecular flexibility index (Phi) is 5.95. The summed E-state index contributed by atoms with van der Waals surface area (Å²) < 4.78 is 5.34. The third kappa shape index (κ3) is 4.58. The van der Waals surface area contributed by atoms with Gasteiger partial charge in [0.2, 0.25) is 5.82 Å². The number of allylic oxidation sites excluding steroid dienone is 2. The number of benzene rings is 1. The number of rotatable bonds is 5. The Morgan fingerprint density at radius 1 is 1.17 bits per heavy atom. The first kappa shape index (κ1) is 17.5. The minimum absolute atomic E-state index is 0.136. The van der Waals surface area contributed by atoms with Crippen molar-refractivity contribution in [2.24, 2.45) is 5.92 Å². The summed E-state index contributed by atoms with van der Waals surface area (Å²) in [7, 11) is 1.62. The monoisotopic (exact) mass is 327 g/mol. The van der Waals surface area contributed by atoms with Gasteiger partial charge in [0.15, 0.2) is 5.82 Å². The number of aromatic nitrogens is 4. The molecular weight excluding hydrogens is 306 g/mol. The highest BCUT2D eigenvalue weighted by molar-refractivity contribution is 5.68. The van der Waals surface area contributed by atoms with Crippen LogP contribution in [0.3, 0.4) is 0 Å². The topological polar surface area (TPSA) is 81.1 Å². The van der Waals surface area contributed by atoms with E-state index in [4.69, 9.17) is 4.74 Å². The molecule has 0 aliphatic carbocycles. The standard InChI is InChI=1S/C17H21N5O2/c1-5-14(12(2)3)24-17(23)22(4)11-15-18-20-16(21-19-15)13-9-7-6-8-10-13/h5-10,12H,11H2,1-4H3/b14-5-. The summed E-state index contributed by atoms with van der Waals surface area (Å²) in [4.78, 5) is 13.5. The highest BCUT2D eigenvalue weighted by Crippen LogP contribution is 2.13. The molecule has 1 aromatic carbocycles. The van der Waals surface area contributed by atoms with Gasteiger partial charge in [-0.2, -0.15) is 0 Å². The van der Waals surface area contributed by atoms with Crippen molar-refractivity contribution in [3.8, 4) is 11.4 Å². The minimum atomic E-state index is -0.465. The van der Waals surface area contributed by atoms with Crippen LogP contribution >= 0.6 is 0 Å². The molecule has 0 atom stereocenters. The maximum Gasteiger partial charge on any atom is 0.415 e. The largest absolute Gasteiger partial charge is 0.415 e. The first-order valence-corrected chi connectivity index (χ1v) is 7.72. The van der Waals surface area contributed by atoms with Crippen molar-refractivity contribution >= 4 is 6.09 Å². The van der Waals surface area contributed by atoms with Crippen molar-refractivity contribution in [1.29, 1.82) is 0 Å². The predicted octanol–water partition coefficient (Wildman–Crippen LogP) is 3.06. The number of amides is 1. The number of nitrogens with zero attached hydrogens (tertiary/aromatic N) is 5. The Hall–Kier alpha value is -2.83. The van der Waals surface area contributed by atoms with E-state index in [1.54, 1.807) is 13.1 Å². The van der Waals surface area contributed by atoms with Crippen LogP contribution in [0.25, 0.3) is 11.4 Å². The fourth-order valence-corrected chi connectivity index (χ4v) is 1.98. The average molecular weight is 327 g/mol. The van der Waals surface area contributed by atoms with Crippen LogP contribution in [0.1, 0.15) is 26.6 Å². The molecule has 0 N–H and O–H groups in total. The van der Waals surface area contributed by atoms with E-state index in [1.165, 1.54) is 4.90 Å². The van der Waals surface area contributed by atoms with Crippen LogP contribution in [0.15, 0.2) is 42.2 Å². The zero-order valence-corrected chi connectivity index (χ0v) is 14.3. The quantitative estimate of drug-likeness (QED) is 0.785. The summed E-state index contributed by atoms with van der Waals surface area (Å²) in [6.45, 7) is 5.93. The normalized spacial score (nSPS) is 11.5. The van der Waals surface area contributed by atoms with Gasteiger partial charge in [0.25, 0.3) is 0 Å². The summed E-state index contributed by atoms with van der Waals surface area (Å²) >= 11 is 0. The van der Waals surface area contributed by atoms with Gasteiger partial charge in [-0.1, -0.05) is 44.2 Å². The van der Waals surface area contributed by atoms with Crippen LogP contribution < -0.4 is 0 Å². The molecule has 0 aliphatic heterocycles. The molecule has 0 saturated carbocycles. The van der Waals surface area contributed by atoms with Crippen molar-refractivity contribution in [1.82, 2.24) is 25.3 Å². The molecule has 0 unspecified atom stereocenters. The molecule has 0 spiro atoms. The van der Waals surface area contributed by atoms with E-state index in [2.05, 4.69) is 20.4 Å². The second-order valence-corrected chi connectivity index (χ2v) is 5.58. The summed E-state index contributed by atoms with van der Waals surface area (Å²) in [6, 6.07) is 9.46. The fraction of sp³-hybridized carbons (Fsp3) is 0.353. The van der Waals surface area contributed by atoms with E-state index < -0.39 is 6.09 Å². The van der Waals surface area contributed by atoms with Gasteiger partial charge in [0.1, 0.15) is 5.76 Å². The third-order valence-corrected chi connectivity index (χ3v) is 3.30. The maximum absolute atomic E-state index is 12.1. The van der Waals surface area contributed by atoms with E-state index in [9.17, 15) is 4.79 Å². The molecule has 1 heterocycles. The SMILES string of the molecule is C/C=C(\OC(=O)N(C)Cc1nnc(-c2ccccc2)nn1)C(C)C. The van der Waals surface area contributed by atoms with E-state index in [1.807, 2.05) is 51.1 Å². The number of hydrogen-bond acceptors (Lipinski definition) is 6. The molecule has 126 valence electrons. The Labute approximate surface area is 141 Å². The van der Waals surface area contributed by atoms with Crippen molar-refractivity contribution in [2.45, 2.75) is 27.3 Å². The highest BCUT2D eigenvalue weighted by atomic mass is 16.6. The van der Waals surface area contributed by atoms with Crippen LogP contribution in [0.4, 0.5) is 4.79 Å². The van der Waals surface area contributed by atoms with Crippen LogP contribution in [-0.4, -0.2) is 38.4 Å². The zero-order valence-electron chi connectivity index (χ0n) is 14.3. The maximum atomic E-state index is 12.1. The molecule has 0 aliphatic rings. The van der Waals surface area contributed by atoms with Crippen molar-refractivity contribution in [3.63, 3.8) is 0 Å². The van der Waals surface area contributed by atoms with Gasteiger partial charge in [0, 0.05) is 18.5 Å². The second-order valence-electron chi connectivity index (χ2n) is 5.58. The Balaban J connectivity index is 1.99. The minimum Gasteiger partial charge on any atom is -0.415 e. The lowest BCUT2D eigenvalue weighted by molar-refractivity contribution is 0.127. The van der Waals surface area contributed by atoms with Gasteiger partial charge in [0.05, 0.1) is 6.54 Å². The first-order chi connectivity index (χ1) is 11.5. The molecule has 1 amide bonds. The van der Waals surface area contributed by atoms with Crippen LogP contribution in [0.5, 0.6) is 0 Å². The van der Waals surface area contributed by atoms with E-state index in [0.29, 0.717) is 17.4 Å². The molecule has 2 aromatic rings. The molecule has 1 aromatic heterocycles. The lowest BCUT2D eigenvalue weighted by Crippen LogP contribution is -2.28. The van der Waals surface area contributed by atoms with Crippen molar-refractivity contribution < 1.29 is 9.53 Å². The Morgan fingerprint density at radius 3 is 2.33 bits per heavy atom. The Bertz CT molecular complexity index is 699. The number of carbonyl (C=O) groups excluding carboxylic acids is 1. The molecule has 2 rings (SSSR count). The van der Waals surface area contributed by atoms with E-state index in [0.717, 1.165) is 5.56 Å². The van der Waals surface area contributed by atoms with Gasteiger partial charge in [-0.15, -0.1) is 20.4 Å². The third-order valence-electron chi connectivity index (χ3n) is 3.30. The molecule has 7 heteroatoms. The number of carbonyl (C=O) groups is 1. The lowest BCUT2D eigenvalue weighted by atomic mass is 10.2. The molecule has 24 heavy (non-hydrogen) atoms. The molecular formula is C17H21N5O2. The van der Waals surface area contributed by atoms with Crippen LogP contribution in [-0.2, 0) is 11.3 Å². The van der Waals surface area contributed by atoms with Crippen LogP contribution in [0, 0.1) is 5.92 Å².